The number of aliphatic hydroxyl groups excluding tert-OH is 1. The molecule has 2 N–H and O–H groups in total. The minimum atomic E-state index is -0.738. The van der Waals surface area contributed by atoms with Gasteiger partial charge in [-0.25, -0.2) is 4.79 Å². The molecule has 0 spiro atoms. The van der Waals surface area contributed by atoms with Gasteiger partial charge < -0.3 is 20.0 Å². The van der Waals surface area contributed by atoms with Crippen LogP contribution in [-0.4, -0.2) is 37.1 Å². The van der Waals surface area contributed by atoms with Gasteiger partial charge in [-0.15, -0.1) is 0 Å². The summed E-state index contributed by atoms with van der Waals surface area (Å²) in [5, 5.41) is 16.1. The van der Waals surface area contributed by atoms with Crippen molar-refractivity contribution in [3.63, 3.8) is 0 Å². The zero-order valence-corrected chi connectivity index (χ0v) is 8.37. The second kappa shape index (κ2) is 7.08. The number of methoxy groups -OCH3 is 1. The molecule has 0 bridgehead atoms. The number of carbonyl (C=O) groups excluding carboxylic acids is 1. The lowest BCUT2D eigenvalue weighted by molar-refractivity contribution is -0.135. The SMILES string of the molecule is CCCOCC(=N)/C(=C\O)C(=O)OC. The van der Waals surface area contributed by atoms with Gasteiger partial charge >= 0.3 is 5.97 Å². The Labute approximate surface area is 82.8 Å². The normalized spacial score (nSPS) is 11.1. The third-order valence-corrected chi connectivity index (χ3v) is 1.45. The first-order valence-electron chi connectivity index (χ1n) is 4.25. The zero-order valence-electron chi connectivity index (χ0n) is 8.37. The fourth-order valence-corrected chi connectivity index (χ4v) is 0.760. The molecule has 0 fully saturated rings. The Balaban J connectivity index is 4.14. The summed E-state index contributed by atoms with van der Waals surface area (Å²) in [7, 11) is 1.19. The number of nitrogens with one attached hydrogen (secondary N) is 1. The minimum absolute atomic E-state index is 0.00463. The van der Waals surface area contributed by atoms with Gasteiger partial charge in [0.25, 0.3) is 0 Å². The summed E-state index contributed by atoms with van der Waals surface area (Å²) < 4.78 is 9.40. The predicted molar refractivity (Wildman–Crippen MR) is 51.6 cm³/mol. The van der Waals surface area contributed by atoms with E-state index in [4.69, 9.17) is 15.3 Å². The number of esters is 1. The van der Waals surface area contributed by atoms with Gasteiger partial charge in [-0.05, 0) is 6.42 Å². The maximum Gasteiger partial charge on any atom is 0.342 e. The molecule has 0 aromatic carbocycles. The largest absolute Gasteiger partial charge is 0.515 e. The van der Waals surface area contributed by atoms with Crippen LogP contribution >= 0.6 is 0 Å². The molecular formula is C9H15NO4. The summed E-state index contributed by atoms with van der Waals surface area (Å²) >= 11 is 0. The Morgan fingerprint density at radius 2 is 2.21 bits per heavy atom. The van der Waals surface area contributed by atoms with E-state index < -0.39 is 5.97 Å². The van der Waals surface area contributed by atoms with Crippen LogP contribution in [0.3, 0.4) is 0 Å². The molecule has 0 radical (unpaired) electrons. The molecule has 0 rings (SSSR count). The maximum absolute atomic E-state index is 11.0. The van der Waals surface area contributed by atoms with Crippen molar-refractivity contribution in [1.82, 2.24) is 0 Å². The molecule has 5 nitrogen and oxygen atoms in total. The highest BCUT2D eigenvalue weighted by molar-refractivity contribution is 6.18. The van der Waals surface area contributed by atoms with E-state index in [1.165, 1.54) is 7.11 Å². The summed E-state index contributed by atoms with van der Waals surface area (Å²) in [6.45, 7) is 2.45. The summed E-state index contributed by atoms with van der Waals surface area (Å²) in [4.78, 5) is 11.0. The van der Waals surface area contributed by atoms with Crippen LogP contribution < -0.4 is 0 Å². The summed E-state index contributed by atoms with van der Waals surface area (Å²) in [6, 6.07) is 0. The van der Waals surface area contributed by atoms with E-state index in [1.807, 2.05) is 6.92 Å². The van der Waals surface area contributed by atoms with Gasteiger partial charge in [-0.3, -0.25) is 0 Å². The minimum Gasteiger partial charge on any atom is -0.515 e. The topological polar surface area (TPSA) is 79.6 Å². The highest BCUT2D eigenvalue weighted by Crippen LogP contribution is 1.99. The van der Waals surface area contributed by atoms with Crippen molar-refractivity contribution in [3.8, 4) is 0 Å². The molecule has 0 saturated carbocycles. The van der Waals surface area contributed by atoms with Crippen LogP contribution in [0.15, 0.2) is 11.8 Å². The van der Waals surface area contributed by atoms with Crippen LogP contribution in [0.5, 0.6) is 0 Å². The first-order chi connectivity index (χ1) is 6.67. The summed E-state index contributed by atoms with van der Waals surface area (Å²) in [6.07, 6.45) is 1.40. The Kier molecular flexibility index (Phi) is 6.39. The maximum atomic E-state index is 11.0. The number of aliphatic hydroxyl groups is 1. The number of rotatable bonds is 6. The second-order valence-corrected chi connectivity index (χ2v) is 2.57. The van der Waals surface area contributed by atoms with Gasteiger partial charge in [0, 0.05) is 6.61 Å². The molecule has 0 aromatic rings. The van der Waals surface area contributed by atoms with Gasteiger partial charge in [0.2, 0.25) is 0 Å². The van der Waals surface area contributed by atoms with Gasteiger partial charge in [0.15, 0.2) is 0 Å². The van der Waals surface area contributed by atoms with Gasteiger partial charge in [0.1, 0.15) is 5.57 Å². The third kappa shape index (κ3) is 4.04. The molecule has 0 aromatic heterocycles. The number of hydrogen-bond acceptors (Lipinski definition) is 5. The highest BCUT2D eigenvalue weighted by Gasteiger charge is 2.15. The fourth-order valence-electron chi connectivity index (χ4n) is 0.760. The Morgan fingerprint density at radius 1 is 1.57 bits per heavy atom. The lowest BCUT2D eigenvalue weighted by atomic mass is 10.2. The molecule has 0 saturated heterocycles. The first kappa shape index (κ1) is 12.6. The van der Waals surface area contributed by atoms with Crippen LogP contribution in [0.1, 0.15) is 13.3 Å². The van der Waals surface area contributed by atoms with Crippen LogP contribution in [0.4, 0.5) is 0 Å². The quantitative estimate of drug-likeness (QED) is 0.221. The van der Waals surface area contributed by atoms with E-state index in [0.717, 1.165) is 6.42 Å². The Morgan fingerprint density at radius 3 is 2.64 bits per heavy atom. The molecule has 0 unspecified atom stereocenters. The van der Waals surface area contributed by atoms with E-state index in [-0.39, 0.29) is 17.9 Å². The van der Waals surface area contributed by atoms with Crippen LogP contribution in [0, 0.1) is 5.41 Å². The third-order valence-electron chi connectivity index (χ3n) is 1.45. The van der Waals surface area contributed by atoms with E-state index in [2.05, 4.69) is 4.74 Å². The Hall–Kier alpha value is -1.36. The van der Waals surface area contributed by atoms with Gasteiger partial charge in [0.05, 0.1) is 25.7 Å². The van der Waals surface area contributed by atoms with Gasteiger partial charge in [-0.2, -0.15) is 0 Å². The second-order valence-electron chi connectivity index (χ2n) is 2.57. The van der Waals surface area contributed by atoms with Crippen LogP contribution in [-0.2, 0) is 14.3 Å². The van der Waals surface area contributed by atoms with Crippen molar-refractivity contribution < 1.29 is 19.4 Å². The van der Waals surface area contributed by atoms with Crippen molar-refractivity contribution in [2.45, 2.75) is 13.3 Å². The number of carbonyl (C=O) groups is 1. The molecule has 0 aliphatic rings. The van der Waals surface area contributed by atoms with Crippen molar-refractivity contribution in [2.75, 3.05) is 20.3 Å². The zero-order chi connectivity index (χ0) is 11.0. The lowest BCUT2D eigenvalue weighted by Crippen LogP contribution is -2.18. The number of ether oxygens (including phenoxy) is 2. The molecule has 0 amide bonds. The molecule has 0 atom stereocenters. The average molecular weight is 201 g/mol. The molecule has 14 heavy (non-hydrogen) atoms. The van der Waals surface area contributed by atoms with Crippen molar-refractivity contribution >= 4 is 11.7 Å². The first-order valence-corrected chi connectivity index (χ1v) is 4.25. The van der Waals surface area contributed by atoms with Crippen molar-refractivity contribution in [2.24, 2.45) is 0 Å². The standard InChI is InChI=1S/C9H15NO4/c1-3-4-14-6-8(10)7(5-11)9(12)13-2/h5,10-11H,3-4,6H2,1-2H3/b7-5+,10-8?. The Bertz CT molecular complexity index is 235. The molecule has 80 valence electrons. The fraction of sp³-hybridized carbons (Fsp3) is 0.556. The molecule has 5 heteroatoms. The van der Waals surface area contributed by atoms with Crippen molar-refractivity contribution in [1.29, 1.82) is 5.41 Å². The molecule has 0 aliphatic carbocycles. The van der Waals surface area contributed by atoms with E-state index in [0.29, 0.717) is 12.9 Å². The van der Waals surface area contributed by atoms with Crippen LogP contribution in [0.2, 0.25) is 0 Å². The summed E-state index contributed by atoms with van der Waals surface area (Å²) in [5.74, 6) is -0.738. The van der Waals surface area contributed by atoms with E-state index >= 15 is 0 Å². The lowest BCUT2D eigenvalue weighted by Gasteiger charge is -2.06. The monoisotopic (exact) mass is 201 g/mol. The van der Waals surface area contributed by atoms with Crippen molar-refractivity contribution in [3.05, 3.63) is 11.8 Å². The summed E-state index contributed by atoms with van der Waals surface area (Å²) in [5.41, 5.74) is -0.267. The number of hydrogen-bond donors (Lipinski definition) is 2. The van der Waals surface area contributed by atoms with E-state index in [1.54, 1.807) is 0 Å². The predicted octanol–water partition coefficient (Wildman–Crippen LogP) is 1.05. The highest BCUT2D eigenvalue weighted by atomic mass is 16.5. The van der Waals surface area contributed by atoms with E-state index in [9.17, 15) is 4.79 Å². The molecular weight excluding hydrogens is 186 g/mol. The molecule has 0 aliphatic heterocycles. The average Bonchev–Trinajstić information content (AvgIpc) is 2.19. The van der Waals surface area contributed by atoms with Gasteiger partial charge in [-0.1, -0.05) is 6.92 Å². The smallest absolute Gasteiger partial charge is 0.342 e. The molecule has 0 heterocycles. The van der Waals surface area contributed by atoms with Crippen LogP contribution in [0.25, 0.3) is 0 Å².